The number of halogens is 2. The molecule has 0 atom stereocenters. The molecule has 0 fully saturated rings. The lowest BCUT2D eigenvalue weighted by Crippen LogP contribution is -1.87. The molecule has 72 valence electrons. The maximum atomic E-state index is 13.0. The van der Waals surface area contributed by atoms with Crippen LogP contribution in [0.5, 0.6) is 5.75 Å². The van der Waals surface area contributed by atoms with Gasteiger partial charge in [0.25, 0.3) is 0 Å². The molecule has 0 N–H and O–H groups in total. The number of rotatable bonds is 1. The Kier molecular flexibility index (Phi) is 2.25. The molecule has 2 rings (SSSR count). The number of methoxy groups -OCH3 is 1. The molecule has 0 aliphatic heterocycles. The molecule has 14 heavy (non-hydrogen) atoms. The molecule has 0 bridgehead atoms. The van der Waals surface area contributed by atoms with Crippen LogP contribution in [0.15, 0.2) is 24.3 Å². The van der Waals surface area contributed by atoms with Gasteiger partial charge in [-0.25, -0.2) is 9.37 Å². The highest BCUT2D eigenvalue weighted by molar-refractivity contribution is 6.29. The number of pyridine rings is 1. The van der Waals surface area contributed by atoms with E-state index in [0.717, 1.165) is 0 Å². The van der Waals surface area contributed by atoms with Crippen LogP contribution in [-0.2, 0) is 0 Å². The molecule has 0 aliphatic carbocycles. The lowest BCUT2D eigenvalue weighted by molar-refractivity contribution is 0.415. The van der Waals surface area contributed by atoms with Gasteiger partial charge in [-0.2, -0.15) is 0 Å². The quantitative estimate of drug-likeness (QED) is 0.677. The Morgan fingerprint density at radius 2 is 2.14 bits per heavy atom. The standard InChI is InChI=1S/C10H7ClFNO/c1-14-7-2-3-9-6(4-7)5-8(12)10(11)13-9/h2-5H,1H3. The van der Waals surface area contributed by atoms with Gasteiger partial charge in [-0.05, 0) is 24.3 Å². The number of hydrogen-bond donors (Lipinski definition) is 0. The van der Waals surface area contributed by atoms with Crippen LogP contribution in [0, 0.1) is 5.82 Å². The van der Waals surface area contributed by atoms with Crippen LogP contribution in [0.3, 0.4) is 0 Å². The van der Waals surface area contributed by atoms with Gasteiger partial charge in [0, 0.05) is 5.39 Å². The Hall–Kier alpha value is -1.35. The molecule has 0 amide bonds. The number of aromatic nitrogens is 1. The van der Waals surface area contributed by atoms with E-state index in [1.807, 2.05) is 0 Å². The summed E-state index contributed by atoms with van der Waals surface area (Å²) in [5.74, 6) is 0.147. The maximum Gasteiger partial charge on any atom is 0.165 e. The molecule has 2 aromatic rings. The van der Waals surface area contributed by atoms with E-state index in [0.29, 0.717) is 16.7 Å². The maximum absolute atomic E-state index is 13.0. The van der Waals surface area contributed by atoms with Gasteiger partial charge in [-0.15, -0.1) is 0 Å². The van der Waals surface area contributed by atoms with Crippen molar-refractivity contribution >= 4 is 22.5 Å². The van der Waals surface area contributed by atoms with Crippen molar-refractivity contribution in [2.24, 2.45) is 0 Å². The molecule has 0 saturated carbocycles. The first-order chi connectivity index (χ1) is 6.70. The first-order valence-corrected chi connectivity index (χ1v) is 4.38. The minimum absolute atomic E-state index is 0.109. The van der Waals surface area contributed by atoms with Crippen LogP contribution >= 0.6 is 11.6 Å². The summed E-state index contributed by atoms with van der Waals surface area (Å²) >= 11 is 5.54. The molecule has 0 aliphatic rings. The van der Waals surface area contributed by atoms with Gasteiger partial charge < -0.3 is 4.74 Å². The third kappa shape index (κ3) is 1.51. The monoisotopic (exact) mass is 211 g/mol. The number of nitrogens with zero attached hydrogens (tertiary/aromatic N) is 1. The smallest absolute Gasteiger partial charge is 0.165 e. The summed E-state index contributed by atoms with van der Waals surface area (Å²) in [5.41, 5.74) is 0.650. The van der Waals surface area contributed by atoms with Gasteiger partial charge in [-0.3, -0.25) is 0 Å². The SMILES string of the molecule is COc1ccc2nc(Cl)c(F)cc2c1. The Morgan fingerprint density at radius 1 is 1.36 bits per heavy atom. The summed E-state index contributed by atoms with van der Waals surface area (Å²) in [6, 6.07) is 6.54. The molecule has 0 unspecified atom stereocenters. The zero-order chi connectivity index (χ0) is 10.1. The number of hydrogen-bond acceptors (Lipinski definition) is 2. The van der Waals surface area contributed by atoms with Crippen molar-refractivity contribution in [3.05, 3.63) is 35.2 Å². The predicted octanol–water partition coefficient (Wildman–Crippen LogP) is 3.04. The van der Waals surface area contributed by atoms with Crippen LogP contribution in [0.25, 0.3) is 10.9 Å². The van der Waals surface area contributed by atoms with Gasteiger partial charge in [0.15, 0.2) is 11.0 Å². The first kappa shape index (κ1) is 9.21. The second kappa shape index (κ2) is 3.42. The van der Waals surface area contributed by atoms with Gasteiger partial charge >= 0.3 is 0 Å². The van der Waals surface area contributed by atoms with Crippen molar-refractivity contribution in [2.45, 2.75) is 0 Å². The summed E-state index contributed by atoms with van der Waals surface area (Å²) in [6.07, 6.45) is 0. The third-order valence-electron chi connectivity index (χ3n) is 1.93. The number of fused-ring (bicyclic) bond motifs is 1. The molecular weight excluding hydrogens is 205 g/mol. The average molecular weight is 212 g/mol. The van der Waals surface area contributed by atoms with Crippen molar-refractivity contribution in [2.75, 3.05) is 7.11 Å². The van der Waals surface area contributed by atoms with Crippen LogP contribution in [0.1, 0.15) is 0 Å². The second-order valence-electron chi connectivity index (χ2n) is 2.82. The van der Waals surface area contributed by atoms with E-state index in [2.05, 4.69) is 4.98 Å². The summed E-state index contributed by atoms with van der Waals surface area (Å²) < 4.78 is 18.1. The van der Waals surface area contributed by atoms with Crippen LogP contribution < -0.4 is 4.74 Å². The molecule has 4 heteroatoms. The van der Waals surface area contributed by atoms with E-state index in [-0.39, 0.29) is 5.15 Å². The molecular formula is C10H7ClFNO. The molecule has 0 radical (unpaired) electrons. The highest BCUT2D eigenvalue weighted by Gasteiger charge is 2.04. The summed E-state index contributed by atoms with van der Waals surface area (Å²) in [5, 5.41) is 0.564. The molecule has 0 saturated heterocycles. The van der Waals surface area contributed by atoms with Gasteiger partial charge in [0.2, 0.25) is 0 Å². The average Bonchev–Trinajstić information content (AvgIpc) is 2.19. The van der Waals surface area contributed by atoms with Gasteiger partial charge in [0.05, 0.1) is 12.6 Å². The summed E-state index contributed by atoms with van der Waals surface area (Å²) in [6.45, 7) is 0. The highest BCUT2D eigenvalue weighted by atomic mass is 35.5. The molecule has 1 aromatic heterocycles. The van der Waals surface area contributed by atoms with E-state index in [1.165, 1.54) is 6.07 Å². The van der Waals surface area contributed by atoms with Crippen molar-refractivity contribution in [3.8, 4) is 5.75 Å². The minimum Gasteiger partial charge on any atom is -0.497 e. The summed E-state index contributed by atoms with van der Waals surface area (Å²) in [4.78, 5) is 3.89. The van der Waals surface area contributed by atoms with Crippen LogP contribution in [-0.4, -0.2) is 12.1 Å². The first-order valence-electron chi connectivity index (χ1n) is 4.00. The number of ether oxygens (including phenoxy) is 1. The normalized spacial score (nSPS) is 10.5. The largest absolute Gasteiger partial charge is 0.497 e. The zero-order valence-electron chi connectivity index (χ0n) is 7.42. The molecule has 1 aromatic carbocycles. The van der Waals surface area contributed by atoms with Crippen molar-refractivity contribution in [3.63, 3.8) is 0 Å². The van der Waals surface area contributed by atoms with E-state index in [1.54, 1.807) is 25.3 Å². The second-order valence-corrected chi connectivity index (χ2v) is 3.18. The lowest BCUT2D eigenvalue weighted by Gasteiger charge is -2.02. The van der Waals surface area contributed by atoms with E-state index < -0.39 is 5.82 Å². The van der Waals surface area contributed by atoms with E-state index in [9.17, 15) is 4.39 Å². The summed E-state index contributed by atoms with van der Waals surface area (Å²) in [7, 11) is 1.56. The Balaban J connectivity index is 2.70. The number of benzene rings is 1. The van der Waals surface area contributed by atoms with Gasteiger partial charge in [-0.1, -0.05) is 11.6 Å². The third-order valence-corrected chi connectivity index (χ3v) is 2.20. The lowest BCUT2D eigenvalue weighted by atomic mass is 10.2. The van der Waals surface area contributed by atoms with Crippen LogP contribution in [0.4, 0.5) is 4.39 Å². The van der Waals surface area contributed by atoms with E-state index in [4.69, 9.17) is 16.3 Å². The fraction of sp³-hybridized carbons (Fsp3) is 0.100. The molecule has 2 nitrogen and oxygen atoms in total. The fourth-order valence-electron chi connectivity index (χ4n) is 1.23. The molecule has 0 spiro atoms. The minimum atomic E-state index is -0.521. The molecule has 1 heterocycles. The van der Waals surface area contributed by atoms with Crippen LogP contribution in [0.2, 0.25) is 5.15 Å². The Bertz CT molecular complexity index is 487. The fourth-order valence-corrected chi connectivity index (χ4v) is 1.38. The Labute approximate surface area is 85.3 Å². The highest BCUT2D eigenvalue weighted by Crippen LogP contribution is 2.23. The predicted molar refractivity (Wildman–Crippen MR) is 53.3 cm³/mol. The topological polar surface area (TPSA) is 22.1 Å². The van der Waals surface area contributed by atoms with Crippen molar-refractivity contribution in [1.29, 1.82) is 0 Å². The van der Waals surface area contributed by atoms with Crippen molar-refractivity contribution < 1.29 is 9.13 Å². The van der Waals surface area contributed by atoms with Gasteiger partial charge in [0.1, 0.15) is 5.75 Å². The van der Waals surface area contributed by atoms with Crippen molar-refractivity contribution in [1.82, 2.24) is 4.98 Å². The van der Waals surface area contributed by atoms with E-state index >= 15 is 0 Å². The Morgan fingerprint density at radius 3 is 2.86 bits per heavy atom. The zero-order valence-corrected chi connectivity index (χ0v) is 8.18.